The molecule has 0 unspecified atom stereocenters. The Kier molecular flexibility index (Phi) is 3.84. The van der Waals surface area contributed by atoms with Crippen molar-refractivity contribution in [2.75, 3.05) is 19.6 Å². The fraction of sp³-hybridized carbons (Fsp3) is 0.429. The number of hydrogen-bond donors (Lipinski definition) is 1. The first kappa shape index (κ1) is 13.3. The van der Waals surface area contributed by atoms with E-state index >= 15 is 0 Å². The van der Waals surface area contributed by atoms with Gasteiger partial charge in [-0.15, -0.1) is 11.3 Å². The van der Waals surface area contributed by atoms with Gasteiger partial charge in [-0.05, 0) is 18.4 Å². The van der Waals surface area contributed by atoms with Crippen LogP contribution in [-0.2, 0) is 11.2 Å². The van der Waals surface area contributed by atoms with Gasteiger partial charge < -0.3 is 14.6 Å². The number of carbonyl (C=O) groups is 1. The molecule has 0 aliphatic carbocycles. The van der Waals surface area contributed by atoms with Crippen LogP contribution in [-0.4, -0.2) is 41.5 Å². The lowest BCUT2D eigenvalue weighted by Crippen LogP contribution is -2.52. The Morgan fingerprint density at radius 2 is 2.55 bits per heavy atom. The van der Waals surface area contributed by atoms with E-state index in [1.165, 1.54) is 0 Å². The first-order valence-electron chi connectivity index (χ1n) is 6.72. The summed E-state index contributed by atoms with van der Waals surface area (Å²) < 4.78 is 5.44. The highest BCUT2D eigenvalue weighted by Crippen LogP contribution is 2.23. The Hall–Kier alpha value is -1.66. The zero-order valence-electron chi connectivity index (χ0n) is 11.3. The van der Waals surface area contributed by atoms with E-state index < -0.39 is 0 Å². The molecule has 2 aromatic rings. The van der Waals surface area contributed by atoms with Crippen LogP contribution in [0.1, 0.15) is 12.6 Å². The zero-order valence-corrected chi connectivity index (χ0v) is 12.2. The number of amides is 1. The molecule has 1 N–H and O–H groups in total. The minimum Gasteiger partial charge on any atom is -0.444 e. The summed E-state index contributed by atoms with van der Waals surface area (Å²) in [7, 11) is 0. The largest absolute Gasteiger partial charge is 0.444 e. The Bertz CT molecular complexity index is 579. The Morgan fingerprint density at radius 3 is 3.30 bits per heavy atom. The van der Waals surface area contributed by atoms with E-state index in [0.717, 1.165) is 24.5 Å². The van der Waals surface area contributed by atoms with Crippen LogP contribution in [0.3, 0.4) is 0 Å². The number of oxazole rings is 1. The third-order valence-electron chi connectivity index (χ3n) is 3.44. The quantitative estimate of drug-likeness (QED) is 0.936. The molecule has 1 fully saturated rings. The van der Waals surface area contributed by atoms with Crippen molar-refractivity contribution in [1.29, 1.82) is 0 Å². The van der Waals surface area contributed by atoms with Gasteiger partial charge in [0.05, 0.1) is 17.0 Å². The van der Waals surface area contributed by atoms with Crippen LogP contribution in [0.5, 0.6) is 0 Å². The highest BCUT2D eigenvalue weighted by Gasteiger charge is 2.23. The molecule has 0 aromatic carbocycles. The normalized spacial score (nSPS) is 19.2. The van der Waals surface area contributed by atoms with Crippen LogP contribution in [0.2, 0.25) is 0 Å². The van der Waals surface area contributed by atoms with Crippen molar-refractivity contribution in [3.05, 3.63) is 29.5 Å². The molecule has 0 spiro atoms. The van der Waals surface area contributed by atoms with E-state index in [1.54, 1.807) is 17.6 Å². The molecule has 1 atom stereocenters. The molecular weight excluding hydrogens is 274 g/mol. The second kappa shape index (κ2) is 5.76. The number of rotatable bonds is 3. The second-order valence-corrected chi connectivity index (χ2v) is 5.89. The molecule has 0 saturated carbocycles. The molecule has 1 saturated heterocycles. The van der Waals surface area contributed by atoms with E-state index in [-0.39, 0.29) is 11.9 Å². The summed E-state index contributed by atoms with van der Waals surface area (Å²) in [6.07, 6.45) is 1.89. The van der Waals surface area contributed by atoms with Crippen molar-refractivity contribution >= 4 is 17.2 Å². The average Bonchev–Trinajstić information content (AvgIpc) is 3.09. The summed E-state index contributed by atoms with van der Waals surface area (Å²) in [5.74, 6) is 0.709. The van der Waals surface area contributed by atoms with E-state index in [9.17, 15) is 4.79 Å². The molecule has 106 valence electrons. The van der Waals surface area contributed by atoms with Crippen LogP contribution in [0.25, 0.3) is 10.8 Å². The Morgan fingerprint density at radius 1 is 1.65 bits per heavy atom. The number of thiophene rings is 1. The maximum atomic E-state index is 12.3. The van der Waals surface area contributed by atoms with E-state index in [0.29, 0.717) is 18.0 Å². The Balaban J connectivity index is 1.67. The van der Waals surface area contributed by atoms with Gasteiger partial charge in [0.25, 0.3) is 0 Å². The number of carbonyl (C=O) groups excluding carboxylic acids is 1. The van der Waals surface area contributed by atoms with Crippen molar-refractivity contribution in [3.8, 4) is 10.8 Å². The molecule has 20 heavy (non-hydrogen) atoms. The summed E-state index contributed by atoms with van der Waals surface area (Å²) in [5.41, 5.74) is 0.698. The van der Waals surface area contributed by atoms with Crippen LogP contribution >= 0.6 is 11.3 Å². The summed E-state index contributed by atoms with van der Waals surface area (Å²) in [6.45, 7) is 4.53. The fourth-order valence-electron chi connectivity index (χ4n) is 2.37. The summed E-state index contributed by atoms with van der Waals surface area (Å²) in [4.78, 5) is 19.6. The summed E-state index contributed by atoms with van der Waals surface area (Å²) in [5, 5.41) is 5.26. The third-order valence-corrected chi connectivity index (χ3v) is 4.30. The smallest absolute Gasteiger partial charge is 0.236 e. The highest BCUT2D eigenvalue weighted by molar-refractivity contribution is 7.13. The number of hydrogen-bond acceptors (Lipinski definition) is 5. The van der Waals surface area contributed by atoms with Gasteiger partial charge in [0.1, 0.15) is 6.26 Å². The number of piperazine rings is 1. The molecule has 1 amide bonds. The number of nitrogens with zero attached hydrogens (tertiary/aromatic N) is 2. The van der Waals surface area contributed by atoms with Crippen molar-refractivity contribution in [3.63, 3.8) is 0 Å². The number of nitrogens with one attached hydrogen (secondary N) is 1. The average molecular weight is 291 g/mol. The van der Waals surface area contributed by atoms with Gasteiger partial charge in [-0.25, -0.2) is 4.98 Å². The van der Waals surface area contributed by atoms with Gasteiger partial charge in [0.2, 0.25) is 11.8 Å². The molecule has 0 bridgehead atoms. The SMILES string of the molecule is C[C@H]1CNCCN1C(=O)Cc1coc(-c2cccs2)n1. The molecule has 3 heterocycles. The molecule has 6 heteroatoms. The van der Waals surface area contributed by atoms with Crippen LogP contribution < -0.4 is 5.32 Å². The van der Waals surface area contributed by atoms with Crippen LogP contribution in [0.4, 0.5) is 0 Å². The van der Waals surface area contributed by atoms with Crippen molar-refractivity contribution in [2.45, 2.75) is 19.4 Å². The molecule has 5 nitrogen and oxygen atoms in total. The Labute approximate surface area is 121 Å². The maximum absolute atomic E-state index is 12.3. The molecule has 1 aliphatic heterocycles. The van der Waals surface area contributed by atoms with E-state index in [2.05, 4.69) is 17.2 Å². The van der Waals surface area contributed by atoms with Gasteiger partial charge in [-0.2, -0.15) is 0 Å². The summed E-state index contributed by atoms with van der Waals surface area (Å²) in [6, 6.07) is 4.15. The third kappa shape index (κ3) is 2.76. The lowest BCUT2D eigenvalue weighted by Gasteiger charge is -2.33. The minimum absolute atomic E-state index is 0.116. The topological polar surface area (TPSA) is 58.4 Å². The lowest BCUT2D eigenvalue weighted by molar-refractivity contribution is -0.133. The number of aromatic nitrogens is 1. The maximum Gasteiger partial charge on any atom is 0.236 e. The van der Waals surface area contributed by atoms with Crippen LogP contribution in [0.15, 0.2) is 28.2 Å². The summed E-state index contributed by atoms with van der Waals surface area (Å²) >= 11 is 1.58. The minimum atomic E-state index is 0.116. The van der Waals surface area contributed by atoms with E-state index in [4.69, 9.17) is 4.42 Å². The predicted octanol–water partition coefficient (Wildman–Crippen LogP) is 1.77. The molecule has 3 rings (SSSR count). The molecule has 0 radical (unpaired) electrons. The van der Waals surface area contributed by atoms with Crippen LogP contribution in [0, 0.1) is 0 Å². The monoisotopic (exact) mass is 291 g/mol. The first-order chi connectivity index (χ1) is 9.74. The molecular formula is C14H17N3O2S. The van der Waals surface area contributed by atoms with Gasteiger partial charge >= 0.3 is 0 Å². The first-order valence-corrected chi connectivity index (χ1v) is 7.60. The highest BCUT2D eigenvalue weighted by atomic mass is 32.1. The standard InChI is InChI=1S/C14H17N3O2S/c1-10-8-15-4-5-17(10)13(18)7-11-9-19-14(16-11)12-3-2-6-20-12/h2-3,6,9-10,15H,4-5,7-8H2,1H3/t10-/m0/s1. The van der Waals surface area contributed by atoms with Crippen molar-refractivity contribution in [2.24, 2.45) is 0 Å². The zero-order chi connectivity index (χ0) is 13.9. The molecule has 1 aliphatic rings. The fourth-order valence-corrected chi connectivity index (χ4v) is 3.03. The van der Waals surface area contributed by atoms with Gasteiger partial charge in [-0.3, -0.25) is 4.79 Å². The predicted molar refractivity (Wildman–Crippen MR) is 77.6 cm³/mol. The van der Waals surface area contributed by atoms with Gasteiger partial charge in [0.15, 0.2) is 0 Å². The van der Waals surface area contributed by atoms with Gasteiger partial charge in [0, 0.05) is 25.7 Å². The van der Waals surface area contributed by atoms with Gasteiger partial charge in [-0.1, -0.05) is 6.07 Å². The van der Waals surface area contributed by atoms with Crippen molar-refractivity contribution in [1.82, 2.24) is 15.2 Å². The van der Waals surface area contributed by atoms with Crippen molar-refractivity contribution < 1.29 is 9.21 Å². The lowest BCUT2D eigenvalue weighted by atomic mass is 10.2. The van der Waals surface area contributed by atoms with E-state index in [1.807, 2.05) is 22.4 Å². The molecule has 2 aromatic heterocycles. The second-order valence-electron chi connectivity index (χ2n) is 4.94.